The Morgan fingerprint density at radius 2 is 1.92 bits per heavy atom. The molecule has 0 spiro atoms. The average Bonchev–Trinajstić information content (AvgIpc) is 3.21. The molecule has 0 bridgehead atoms. The Morgan fingerprint density at radius 1 is 1.20 bits per heavy atom. The summed E-state index contributed by atoms with van der Waals surface area (Å²) in [5, 5.41) is 5.94. The second-order valence-electron chi connectivity index (χ2n) is 6.13. The summed E-state index contributed by atoms with van der Waals surface area (Å²) in [5.41, 5.74) is 0.838. The highest BCUT2D eigenvalue weighted by Crippen LogP contribution is 2.30. The minimum absolute atomic E-state index is 0.122. The highest BCUT2D eigenvalue weighted by molar-refractivity contribution is 7.21. The number of rotatable bonds is 4. The van der Waals surface area contributed by atoms with Crippen LogP contribution in [0.5, 0.6) is 0 Å². The maximum atomic E-state index is 12.2. The standard InChI is InChI=1S/C18H20N2O4S/c1-11-13-8-4-5-9-14(13)25-16(11)17(22)24-10-15(21)20-18(23)19-12-6-2-3-7-12/h4-5,8-9,12H,2-3,6-7,10H2,1H3,(H2,19,20,21,23). The van der Waals surface area contributed by atoms with E-state index in [0.717, 1.165) is 41.3 Å². The molecule has 1 aliphatic rings. The first kappa shape index (κ1) is 17.4. The van der Waals surface area contributed by atoms with E-state index in [9.17, 15) is 14.4 Å². The van der Waals surface area contributed by atoms with E-state index in [0.29, 0.717) is 4.88 Å². The van der Waals surface area contributed by atoms with Crippen LogP contribution < -0.4 is 10.6 Å². The molecule has 6 nitrogen and oxygen atoms in total. The molecule has 0 aliphatic heterocycles. The van der Waals surface area contributed by atoms with Crippen molar-refractivity contribution in [3.63, 3.8) is 0 Å². The number of fused-ring (bicyclic) bond motifs is 1. The zero-order valence-electron chi connectivity index (χ0n) is 14.0. The first-order chi connectivity index (χ1) is 12.0. The second kappa shape index (κ2) is 7.65. The van der Waals surface area contributed by atoms with Crippen molar-refractivity contribution in [2.75, 3.05) is 6.61 Å². The molecule has 0 unspecified atom stereocenters. The number of amides is 3. The second-order valence-corrected chi connectivity index (χ2v) is 7.18. The van der Waals surface area contributed by atoms with Gasteiger partial charge in [0, 0.05) is 10.7 Å². The van der Waals surface area contributed by atoms with Gasteiger partial charge in [-0.2, -0.15) is 0 Å². The maximum Gasteiger partial charge on any atom is 0.349 e. The highest BCUT2D eigenvalue weighted by Gasteiger charge is 2.20. The molecule has 3 amide bonds. The van der Waals surface area contributed by atoms with Gasteiger partial charge in [-0.25, -0.2) is 9.59 Å². The summed E-state index contributed by atoms with van der Waals surface area (Å²) in [4.78, 5) is 36.2. The van der Waals surface area contributed by atoms with Crippen LogP contribution in [0.15, 0.2) is 24.3 Å². The van der Waals surface area contributed by atoms with Crippen LogP contribution in [0, 0.1) is 6.92 Å². The fraction of sp³-hybridized carbons (Fsp3) is 0.389. The molecular weight excluding hydrogens is 340 g/mol. The fourth-order valence-electron chi connectivity index (χ4n) is 3.02. The van der Waals surface area contributed by atoms with Crippen LogP contribution in [-0.4, -0.2) is 30.6 Å². The molecule has 2 N–H and O–H groups in total. The van der Waals surface area contributed by atoms with E-state index in [2.05, 4.69) is 10.6 Å². The van der Waals surface area contributed by atoms with Gasteiger partial charge >= 0.3 is 12.0 Å². The van der Waals surface area contributed by atoms with E-state index in [1.54, 1.807) is 0 Å². The zero-order valence-corrected chi connectivity index (χ0v) is 14.8. The lowest BCUT2D eigenvalue weighted by Crippen LogP contribution is -2.44. The Balaban J connectivity index is 1.51. The smallest absolute Gasteiger partial charge is 0.349 e. The number of carbonyl (C=O) groups is 3. The van der Waals surface area contributed by atoms with Gasteiger partial charge in [0.15, 0.2) is 6.61 Å². The van der Waals surface area contributed by atoms with Crippen LogP contribution in [0.1, 0.15) is 40.9 Å². The van der Waals surface area contributed by atoms with Gasteiger partial charge in [0.05, 0.1) is 0 Å². The van der Waals surface area contributed by atoms with Gasteiger partial charge in [-0.15, -0.1) is 11.3 Å². The molecule has 25 heavy (non-hydrogen) atoms. The summed E-state index contributed by atoms with van der Waals surface area (Å²) in [7, 11) is 0. The summed E-state index contributed by atoms with van der Waals surface area (Å²) in [6.07, 6.45) is 4.04. The van der Waals surface area contributed by atoms with Gasteiger partial charge in [-0.3, -0.25) is 10.1 Å². The van der Waals surface area contributed by atoms with Crippen LogP contribution in [0.3, 0.4) is 0 Å². The fourth-order valence-corrected chi connectivity index (χ4v) is 4.12. The Hall–Kier alpha value is -2.41. The monoisotopic (exact) mass is 360 g/mol. The Kier molecular flexibility index (Phi) is 5.33. The molecule has 2 aromatic rings. The first-order valence-corrected chi connectivity index (χ1v) is 9.12. The molecule has 1 aromatic heterocycles. The number of esters is 1. The molecule has 0 atom stereocenters. The summed E-state index contributed by atoms with van der Waals surface area (Å²) in [6, 6.07) is 7.28. The van der Waals surface area contributed by atoms with Crippen molar-refractivity contribution < 1.29 is 19.1 Å². The van der Waals surface area contributed by atoms with Crippen molar-refractivity contribution in [1.82, 2.24) is 10.6 Å². The lowest BCUT2D eigenvalue weighted by Gasteiger charge is -2.12. The van der Waals surface area contributed by atoms with Gasteiger partial charge in [0.2, 0.25) is 0 Å². The molecule has 0 saturated heterocycles. The normalized spacial score (nSPS) is 14.4. The largest absolute Gasteiger partial charge is 0.451 e. The van der Waals surface area contributed by atoms with Crippen molar-refractivity contribution in [3.05, 3.63) is 34.7 Å². The Labute approximate surface area is 149 Å². The van der Waals surface area contributed by atoms with E-state index in [1.165, 1.54) is 11.3 Å². The Morgan fingerprint density at radius 3 is 2.64 bits per heavy atom. The molecule has 1 fully saturated rings. The molecule has 1 aromatic carbocycles. The number of hydrogen-bond acceptors (Lipinski definition) is 5. The van der Waals surface area contributed by atoms with Crippen molar-refractivity contribution in [3.8, 4) is 0 Å². The number of ether oxygens (including phenoxy) is 1. The number of thiophene rings is 1. The third-order valence-electron chi connectivity index (χ3n) is 4.31. The van der Waals surface area contributed by atoms with E-state index >= 15 is 0 Å². The van der Waals surface area contributed by atoms with E-state index in [-0.39, 0.29) is 6.04 Å². The molecule has 0 radical (unpaired) electrons. The molecule has 1 heterocycles. The lowest BCUT2D eigenvalue weighted by molar-refractivity contribution is -0.123. The topological polar surface area (TPSA) is 84.5 Å². The van der Waals surface area contributed by atoms with Crippen LogP contribution >= 0.6 is 11.3 Å². The van der Waals surface area contributed by atoms with E-state index in [1.807, 2.05) is 31.2 Å². The first-order valence-electron chi connectivity index (χ1n) is 8.30. The van der Waals surface area contributed by atoms with Crippen molar-refractivity contribution in [2.45, 2.75) is 38.6 Å². The van der Waals surface area contributed by atoms with Crippen LogP contribution in [0.2, 0.25) is 0 Å². The van der Waals surface area contributed by atoms with E-state index in [4.69, 9.17) is 4.74 Å². The number of benzene rings is 1. The average molecular weight is 360 g/mol. The van der Waals surface area contributed by atoms with E-state index < -0.39 is 24.5 Å². The summed E-state index contributed by atoms with van der Waals surface area (Å²) >= 11 is 1.33. The number of aryl methyl sites for hydroxylation is 1. The zero-order chi connectivity index (χ0) is 17.8. The summed E-state index contributed by atoms with van der Waals surface area (Å²) < 4.78 is 6.04. The minimum Gasteiger partial charge on any atom is -0.451 e. The van der Waals surface area contributed by atoms with Gasteiger partial charge in [-0.1, -0.05) is 31.0 Å². The third-order valence-corrected chi connectivity index (χ3v) is 5.56. The molecule has 1 saturated carbocycles. The maximum absolute atomic E-state index is 12.2. The number of nitrogens with one attached hydrogen (secondary N) is 2. The molecule has 3 rings (SSSR count). The van der Waals surface area contributed by atoms with Crippen LogP contribution in [-0.2, 0) is 9.53 Å². The molecule has 1 aliphatic carbocycles. The van der Waals surface area contributed by atoms with Crippen molar-refractivity contribution >= 4 is 39.3 Å². The third kappa shape index (κ3) is 4.17. The van der Waals surface area contributed by atoms with Gasteiger partial charge in [-0.05, 0) is 36.8 Å². The molecule has 7 heteroatoms. The quantitative estimate of drug-likeness (QED) is 0.821. The SMILES string of the molecule is Cc1c(C(=O)OCC(=O)NC(=O)NC2CCCC2)sc2ccccc12. The van der Waals surface area contributed by atoms with Crippen molar-refractivity contribution in [2.24, 2.45) is 0 Å². The minimum atomic E-state index is -0.636. The van der Waals surface area contributed by atoms with Gasteiger partial charge < -0.3 is 10.1 Å². The number of hydrogen-bond donors (Lipinski definition) is 2. The predicted molar refractivity (Wildman–Crippen MR) is 95.8 cm³/mol. The van der Waals surface area contributed by atoms with Crippen LogP contribution in [0.25, 0.3) is 10.1 Å². The van der Waals surface area contributed by atoms with Gasteiger partial charge in [0.25, 0.3) is 5.91 Å². The Bertz CT molecular complexity index is 809. The lowest BCUT2D eigenvalue weighted by atomic mass is 10.1. The molecule has 132 valence electrons. The highest BCUT2D eigenvalue weighted by atomic mass is 32.1. The predicted octanol–water partition coefficient (Wildman–Crippen LogP) is 3.13. The number of urea groups is 1. The number of imide groups is 1. The summed E-state index contributed by atoms with van der Waals surface area (Å²) in [6.45, 7) is 1.37. The molecular formula is C18H20N2O4S. The van der Waals surface area contributed by atoms with Crippen molar-refractivity contribution in [1.29, 1.82) is 0 Å². The van der Waals surface area contributed by atoms with Gasteiger partial charge in [0.1, 0.15) is 4.88 Å². The number of carbonyl (C=O) groups excluding carboxylic acids is 3. The summed E-state index contributed by atoms with van der Waals surface area (Å²) in [5.74, 6) is -1.19. The van der Waals surface area contributed by atoms with Crippen LogP contribution in [0.4, 0.5) is 4.79 Å².